The lowest BCUT2D eigenvalue weighted by atomic mass is 10.1. The fourth-order valence-electron chi connectivity index (χ4n) is 2.59. The van der Waals surface area contributed by atoms with Crippen molar-refractivity contribution in [2.75, 3.05) is 0 Å². The maximum Gasteiger partial charge on any atom is 0.142 e. The van der Waals surface area contributed by atoms with Gasteiger partial charge >= 0.3 is 0 Å². The molecule has 4 rings (SSSR count). The van der Waals surface area contributed by atoms with E-state index < -0.39 is 11.6 Å². The van der Waals surface area contributed by atoms with E-state index in [1.165, 1.54) is 12.1 Å². The average Bonchev–Trinajstić information content (AvgIpc) is 2.98. The second kappa shape index (κ2) is 5.73. The lowest BCUT2D eigenvalue weighted by molar-refractivity contribution is 0.581. The number of fused-ring (bicyclic) bond motifs is 1. The summed E-state index contributed by atoms with van der Waals surface area (Å²) < 4.78 is 28.6. The molecule has 0 fully saturated rings. The lowest BCUT2D eigenvalue weighted by Gasteiger charge is -2.03. The molecule has 0 N–H and O–H groups in total. The minimum atomic E-state index is -0.716. The molecule has 117 valence electrons. The Kier molecular flexibility index (Phi) is 3.54. The molecule has 0 spiro atoms. The van der Waals surface area contributed by atoms with Crippen molar-refractivity contribution in [2.24, 2.45) is 0 Å². The van der Waals surface area contributed by atoms with Gasteiger partial charge in [-0.3, -0.25) is 0 Å². The highest BCUT2D eigenvalue weighted by molar-refractivity contribution is 6.30. The number of rotatable bonds is 2. The second-order valence-corrected chi connectivity index (χ2v) is 5.79. The zero-order valence-electron chi connectivity index (χ0n) is 12.3. The van der Waals surface area contributed by atoms with E-state index in [1.807, 2.05) is 18.2 Å². The van der Waals surface area contributed by atoms with E-state index in [9.17, 15) is 8.78 Å². The van der Waals surface area contributed by atoms with Crippen LogP contribution in [0.15, 0.2) is 60.8 Å². The molecular formula is C19H10ClF2N2. The van der Waals surface area contributed by atoms with Gasteiger partial charge in [0.15, 0.2) is 0 Å². The van der Waals surface area contributed by atoms with Crippen molar-refractivity contribution in [3.8, 4) is 22.4 Å². The molecule has 5 heteroatoms. The van der Waals surface area contributed by atoms with Crippen LogP contribution in [0, 0.1) is 17.7 Å². The summed E-state index contributed by atoms with van der Waals surface area (Å²) in [6.45, 7) is 0. The quantitative estimate of drug-likeness (QED) is 0.478. The van der Waals surface area contributed by atoms with Crippen molar-refractivity contribution >= 4 is 17.1 Å². The Morgan fingerprint density at radius 3 is 2.46 bits per heavy atom. The van der Waals surface area contributed by atoms with Crippen LogP contribution in [-0.2, 0) is 0 Å². The molecular weight excluding hydrogens is 330 g/mol. The molecule has 2 aromatic heterocycles. The molecule has 0 aliphatic rings. The first-order valence-electron chi connectivity index (χ1n) is 7.23. The van der Waals surface area contributed by atoms with Crippen LogP contribution in [0.25, 0.3) is 27.9 Å². The van der Waals surface area contributed by atoms with Gasteiger partial charge in [0, 0.05) is 22.3 Å². The largest absolute Gasteiger partial charge is 0.240 e. The first-order valence-corrected chi connectivity index (χ1v) is 7.61. The number of hydrogen-bond donors (Lipinski definition) is 0. The molecule has 0 saturated carbocycles. The van der Waals surface area contributed by atoms with Gasteiger partial charge in [0.2, 0.25) is 0 Å². The van der Waals surface area contributed by atoms with Gasteiger partial charge in [0.05, 0.1) is 17.3 Å². The summed E-state index contributed by atoms with van der Waals surface area (Å²) in [5, 5.41) is 5.16. The summed E-state index contributed by atoms with van der Waals surface area (Å²) in [5.41, 5.74) is 3.47. The molecule has 2 aromatic carbocycles. The summed E-state index contributed by atoms with van der Waals surface area (Å²) in [7, 11) is 0. The SMILES string of the molecule is Fc1[c]c(F)c(-c2ccn3nc(-c4ccc(Cl)cc4)cc3c2)cc1. The van der Waals surface area contributed by atoms with Crippen LogP contribution in [0.5, 0.6) is 0 Å². The molecule has 0 atom stereocenters. The minimum Gasteiger partial charge on any atom is -0.240 e. The molecule has 0 unspecified atom stereocenters. The number of pyridine rings is 1. The van der Waals surface area contributed by atoms with E-state index in [4.69, 9.17) is 11.6 Å². The maximum absolute atomic E-state index is 13.9. The van der Waals surface area contributed by atoms with Gasteiger partial charge < -0.3 is 0 Å². The zero-order chi connectivity index (χ0) is 16.7. The Balaban J connectivity index is 1.80. The minimum absolute atomic E-state index is 0.299. The summed E-state index contributed by atoms with van der Waals surface area (Å²) in [6.07, 6.45) is 1.74. The van der Waals surface area contributed by atoms with Crippen LogP contribution in [0.1, 0.15) is 0 Å². The highest BCUT2D eigenvalue weighted by atomic mass is 35.5. The van der Waals surface area contributed by atoms with E-state index in [0.29, 0.717) is 16.1 Å². The highest BCUT2D eigenvalue weighted by Gasteiger charge is 2.10. The Morgan fingerprint density at radius 1 is 0.917 bits per heavy atom. The number of nitrogens with zero attached hydrogens (tertiary/aromatic N) is 2. The van der Waals surface area contributed by atoms with Crippen LogP contribution < -0.4 is 0 Å². The molecule has 0 bridgehead atoms. The molecule has 4 aromatic rings. The number of hydrogen-bond acceptors (Lipinski definition) is 1. The Labute approximate surface area is 141 Å². The Morgan fingerprint density at radius 2 is 1.71 bits per heavy atom. The Bertz CT molecular complexity index is 1040. The first kappa shape index (κ1) is 14.8. The molecule has 24 heavy (non-hydrogen) atoms. The second-order valence-electron chi connectivity index (χ2n) is 5.36. The fourth-order valence-corrected chi connectivity index (χ4v) is 2.72. The van der Waals surface area contributed by atoms with Crippen LogP contribution in [0.2, 0.25) is 5.02 Å². The predicted octanol–water partition coefficient (Wildman–Crippen LogP) is 5.40. The highest BCUT2D eigenvalue weighted by Crippen LogP contribution is 2.27. The smallest absolute Gasteiger partial charge is 0.142 e. The van der Waals surface area contributed by atoms with E-state index in [2.05, 4.69) is 11.2 Å². The van der Waals surface area contributed by atoms with Crippen molar-refractivity contribution < 1.29 is 8.78 Å². The van der Waals surface area contributed by atoms with Gasteiger partial charge in [-0.15, -0.1) is 0 Å². The molecule has 0 aliphatic carbocycles. The summed E-state index contributed by atoms with van der Waals surface area (Å²) in [4.78, 5) is 0. The van der Waals surface area contributed by atoms with Gasteiger partial charge in [0.25, 0.3) is 0 Å². The molecule has 1 radical (unpaired) electrons. The molecule has 0 amide bonds. The third-order valence-electron chi connectivity index (χ3n) is 3.78. The average molecular weight is 340 g/mol. The van der Waals surface area contributed by atoms with Gasteiger partial charge in [-0.05, 0) is 48.0 Å². The van der Waals surface area contributed by atoms with E-state index >= 15 is 0 Å². The van der Waals surface area contributed by atoms with E-state index in [-0.39, 0.29) is 0 Å². The van der Waals surface area contributed by atoms with Gasteiger partial charge in [0.1, 0.15) is 11.6 Å². The topological polar surface area (TPSA) is 17.3 Å². The fraction of sp³-hybridized carbons (Fsp3) is 0. The van der Waals surface area contributed by atoms with Gasteiger partial charge in [-0.1, -0.05) is 23.7 Å². The van der Waals surface area contributed by atoms with Crippen LogP contribution in [-0.4, -0.2) is 9.61 Å². The van der Waals surface area contributed by atoms with E-state index in [1.54, 1.807) is 35.0 Å². The Hall–Kier alpha value is -2.72. The lowest BCUT2D eigenvalue weighted by Crippen LogP contribution is -1.90. The third-order valence-corrected chi connectivity index (χ3v) is 4.03. The summed E-state index contributed by atoms with van der Waals surface area (Å²) in [5.74, 6) is -1.43. The molecule has 0 saturated heterocycles. The van der Waals surface area contributed by atoms with Crippen molar-refractivity contribution in [3.63, 3.8) is 0 Å². The molecule has 2 heterocycles. The first-order chi connectivity index (χ1) is 11.6. The van der Waals surface area contributed by atoms with Crippen LogP contribution >= 0.6 is 11.6 Å². The van der Waals surface area contributed by atoms with Crippen LogP contribution in [0.4, 0.5) is 8.78 Å². The maximum atomic E-state index is 13.9. The predicted molar refractivity (Wildman–Crippen MR) is 89.8 cm³/mol. The zero-order valence-corrected chi connectivity index (χ0v) is 13.1. The molecule has 0 aliphatic heterocycles. The summed E-state index contributed by atoms with van der Waals surface area (Å²) in [6, 6.07) is 17.5. The summed E-state index contributed by atoms with van der Waals surface area (Å²) >= 11 is 5.90. The monoisotopic (exact) mass is 339 g/mol. The van der Waals surface area contributed by atoms with Crippen molar-refractivity contribution in [1.82, 2.24) is 9.61 Å². The van der Waals surface area contributed by atoms with Crippen molar-refractivity contribution in [2.45, 2.75) is 0 Å². The molecule has 2 nitrogen and oxygen atoms in total. The number of halogens is 3. The third kappa shape index (κ3) is 2.65. The number of aromatic nitrogens is 2. The number of benzene rings is 2. The van der Waals surface area contributed by atoms with E-state index in [0.717, 1.165) is 16.8 Å². The van der Waals surface area contributed by atoms with Crippen LogP contribution in [0.3, 0.4) is 0 Å². The normalized spacial score (nSPS) is 11.1. The van der Waals surface area contributed by atoms with Crippen molar-refractivity contribution in [3.05, 3.63) is 83.5 Å². The van der Waals surface area contributed by atoms with Gasteiger partial charge in [-0.2, -0.15) is 5.10 Å². The van der Waals surface area contributed by atoms with Gasteiger partial charge in [-0.25, -0.2) is 13.3 Å². The van der Waals surface area contributed by atoms with Crippen molar-refractivity contribution in [1.29, 1.82) is 0 Å². The standard InChI is InChI=1S/C19H10ClF2N2/c20-14-3-1-12(2-4-14)19-11-16-9-13(7-8-24(16)23-19)17-6-5-15(21)10-18(17)22/h1-9,11H.